The van der Waals surface area contributed by atoms with Gasteiger partial charge >= 0.3 is 0 Å². The molecule has 1 aliphatic heterocycles. The maximum atomic E-state index is 13.8. The summed E-state index contributed by atoms with van der Waals surface area (Å²) in [4.78, 5) is 18.0. The van der Waals surface area contributed by atoms with Crippen molar-refractivity contribution >= 4 is 39.1 Å². The van der Waals surface area contributed by atoms with Gasteiger partial charge in [0.15, 0.2) is 11.4 Å². The number of amides is 1. The van der Waals surface area contributed by atoms with Gasteiger partial charge in [-0.15, -0.1) is 0 Å². The van der Waals surface area contributed by atoms with Crippen LogP contribution in [0.5, 0.6) is 0 Å². The van der Waals surface area contributed by atoms with Crippen LogP contribution in [0.3, 0.4) is 0 Å². The van der Waals surface area contributed by atoms with Crippen LogP contribution in [0.4, 0.5) is 0 Å². The highest BCUT2D eigenvalue weighted by atomic mass is 35.5. The number of aryl methyl sites for hydroxylation is 1. The lowest BCUT2D eigenvalue weighted by Gasteiger charge is -2.36. The number of hydrogen-bond donors (Lipinski definition) is 3. The van der Waals surface area contributed by atoms with E-state index in [1.54, 1.807) is 23.0 Å². The molecule has 57 heavy (non-hydrogen) atoms. The van der Waals surface area contributed by atoms with E-state index in [1.807, 2.05) is 110 Å². The number of benzene rings is 5. The normalized spacial score (nSPS) is 17.6. The molecule has 4 atom stereocenters. The first-order valence-corrected chi connectivity index (χ1v) is 20.8. The molecule has 294 valence electrons. The Bertz CT molecular complexity index is 2390. The Labute approximate surface area is 342 Å². The number of halogens is 2. The Morgan fingerprint density at radius 1 is 0.860 bits per heavy atom. The number of hydrogen-bond acceptors (Lipinski definition) is 7. The maximum Gasteiger partial charge on any atom is 0.241 e. The molecule has 0 bridgehead atoms. The van der Waals surface area contributed by atoms with Gasteiger partial charge in [-0.05, 0) is 58.9 Å². The van der Waals surface area contributed by atoms with E-state index in [4.69, 9.17) is 32.7 Å². The number of carbonyl (C=O) groups is 1. The van der Waals surface area contributed by atoms with Crippen LogP contribution in [-0.2, 0) is 50.4 Å². The summed E-state index contributed by atoms with van der Waals surface area (Å²) >= 11 is 12.5. The second kappa shape index (κ2) is 18.2. The molecule has 0 saturated carbocycles. The molecule has 1 aromatic heterocycles. The summed E-state index contributed by atoms with van der Waals surface area (Å²) in [5.41, 5.74) is 7.00. The van der Waals surface area contributed by atoms with Crippen molar-refractivity contribution in [2.75, 3.05) is 0 Å². The Kier molecular flexibility index (Phi) is 12.9. The monoisotopic (exact) mass is 824 g/mol. The Hall–Kier alpha value is -4.85. The number of aliphatic hydroxyl groups is 1. The predicted octanol–water partition coefficient (Wildman–Crippen LogP) is 8.11. The second-order valence-electron chi connectivity index (χ2n) is 14.0. The van der Waals surface area contributed by atoms with Crippen LogP contribution in [0.25, 0.3) is 11.1 Å². The van der Waals surface area contributed by atoms with Gasteiger partial charge in [0.1, 0.15) is 11.2 Å². The van der Waals surface area contributed by atoms with Crippen LogP contribution in [0.1, 0.15) is 52.2 Å². The molecule has 1 saturated heterocycles. The fraction of sp³-hybridized carbons (Fsp3) is 0.227. The average Bonchev–Trinajstić information content (AvgIpc) is 3.55. The zero-order valence-electron chi connectivity index (χ0n) is 31.1. The van der Waals surface area contributed by atoms with E-state index in [9.17, 15) is 18.3 Å². The van der Waals surface area contributed by atoms with Gasteiger partial charge in [-0.25, -0.2) is 13.4 Å². The fourth-order valence-electron chi connectivity index (χ4n) is 6.81. The van der Waals surface area contributed by atoms with Crippen LogP contribution in [-0.4, -0.2) is 41.1 Å². The number of rotatable bonds is 14. The lowest BCUT2D eigenvalue weighted by Crippen LogP contribution is -2.47. The first kappa shape index (κ1) is 40.4. The molecule has 0 spiro atoms. The minimum absolute atomic E-state index is 0.0489. The summed E-state index contributed by atoms with van der Waals surface area (Å²) in [6, 6.07) is 38.1. The molecule has 10 nitrogen and oxygen atoms in total. The SMILES string of the molecule is Cc1ccc(S(=O)(=O)NC(Cc2ccccc2)C(=O)NCc2ccccc2-c2ccc(C3OC(Cn4cnc(Cl)c4Cl)CC(c4ccc(CO)cc4)O3)cc2)cc1. The standard InChI is InChI=1S/C44H42Cl2N4O6S/c1-29-11-21-37(22-12-29)57(53,54)49-39(23-30-7-3-2-4-8-30)43(52)47-25-35-9-5-6-10-38(35)32-17-19-34(20-18-32)44-55-36(26-50-28-48-41(45)42(50)46)24-40(56-44)33-15-13-31(27-51)14-16-33/h2-22,28,36,39-40,44,49,51H,23-27H2,1H3,(H,47,52). The number of aromatic nitrogens is 2. The third-order valence-electron chi connectivity index (χ3n) is 9.94. The van der Waals surface area contributed by atoms with Gasteiger partial charge < -0.3 is 24.5 Å². The fourth-order valence-corrected chi connectivity index (χ4v) is 8.32. The second-order valence-corrected chi connectivity index (χ2v) is 16.4. The van der Waals surface area contributed by atoms with E-state index in [0.29, 0.717) is 18.1 Å². The number of sulfonamides is 1. The van der Waals surface area contributed by atoms with Crippen molar-refractivity contribution in [2.24, 2.45) is 0 Å². The van der Waals surface area contributed by atoms with E-state index >= 15 is 0 Å². The molecule has 1 aliphatic rings. The zero-order chi connectivity index (χ0) is 39.9. The van der Waals surface area contributed by atoms with Crippen molar-refractivity contribution in [3.8, 4) is 11.1 Å². The van der Waals surface area contributed by atoms with Crippen LogP contribution in [0.15, 0.2) is 139 Å². The molecular weight excluding hydrogens is 783 g/mol. The Morgan fingerprint density at radius 3 is 2.23 bits per heavy atom. The van der Waals surface area contributed by atoms with Crippen LogP contribution < -0.4 is 10.0 Å². The van der Waals surface area contributed by atoms with Gasteiger partial charge in [-0.2, -0.15) is 4.72 Å². The van der Waals surface area contributed by atoms with Crippen LogP contribution >= 0.6 is 23.2 Å². The Balaban J connectivity index is 1.08. The highest BCUT2D eigenvalue weighted by molar-refractivity contribution is 7.89. The number of nitrogens with zero attached hydrogens (tertiary/aromatic N) is 2. The highest BCUT2D eigenvalue weighted by Gasteiger charge is 2.33. The number of imidazole rings is 1. The van der Waals surface area contributed by atoms with E-state index < -0.39 is 28.3 Å². The van der Waals surface area contributed by atoms with Crippen molar-refractivity contribution in [3.05, 3.63) is 177 Å². The first-order valence-electron chi connectivity index (χ1n) is 18.5. The highest BCUT2D eigenvalue weighted by Crippen LogP contribution is 2.39. The van der Waals surface area contributed by atoms with Crippen molar-refractivity contribution in [3.63, 3.8) is 0 Å². The summed E-state index contributed by atoms with van der Waals surface area (Å²) < 4.78 is 44.2. The summed E-state index contributed by atoms with van der Waals surface area (Å²) in [5, 5.41) is 13.1. The van der Waals surface area contributed by atoms with Crippen molar-refractivity contribution < 1.29 is 27.8 Å². The summed E-state index contributed by atoms with van der Waals surface area (Å²) in [7, 11) is -3.99. The molecule has 4 unspecified atom stereocenters. The average molecular weight is 826 g/mol. The molecule has 7 rings (SSSR count). The number of nitrogens with one attached hydrogen (secondary N) is 2. The van der Waals surface area contributed by atoms with Gasteiger partial charge in [0.05, 0.1) is 36.6 Å². The third kappa shape index (κ3) is 10.0. The molecule has 1 amide bonds. The van der Waals surface area contributed by atoms with Gasteiger partial charge in [-0.3, -0.25) is 4.79 Å². The smallest absolute Gasteiger partial charge is 0.241 e. The largest absolute Gasteiger partial charge is 0.392 e. The van der Waals surface area contributed by atoms with Crippen molar-refractivity contribution in [1.82, 2.24) is 19.6 Å². The summed E-state index contributed by atoms with van der Waals surface area (Å²) in [6.07, 6.45) is 1.03. The van der Waals surface area contributed by atoms with Gasteiger partial charge in [-0.1, -0.05) is 144 Å². The topological polar surface area (TPSA) is 132 Å². The van der Waals surface area contributed by atoms with Gasteiger partial charge in [0, 0.05) is 18.5 Å². The maximum absolute atomic E-state index is 13.8. The van der Waals surface area contributed by atoms with E-state index in [-0.39, 0.29) is 41.8 Å². The minimum Gasteiger partial charge on any atom is -0.392 e. The molecular formula is C44H42Cl2N4O6S. The Morgan fingerprint density at radius 2 is 1.54 bits per heavy atom. The molecule has 0 radical (unpaired) electrons. The molecule has 0 aliphatic carbocycles. The molecule has 13 heteroatoms. The molecule has 3 N–H and O–H groups in total. The molecule has 6 aromatic rings. The van der Waals surface area contributed by atoms with E-state index in [2.05, 4.69) is 15.0 Å². The van der Waals surface area contributed by atoms with Gasteiger partial charge in [0.2, 0.25) is 15.9 Å². The van der Waals surface area contributed by atoms with Crippen molar-refractivity contribution in [1.29, 1.82) is 0 Å². The van der Waals surface area contributed by atoms with Crippen LogP contribution in [0, 0.1) is 6.92 Å². The molecule has 2 heterocycles. The number of aliphatic hydroxyl groups excluding tert-OH is 1. The summed E-state index contributed by atoms with van der Waals surface area (Å²) in [6.45, 7) is 2.42. The van der Waals surface area contributed by atoms with Crippen LogP contribution in [0.2, 0.25) is 10.3 Å². The lowest BCUT2D eigenvalue weighted by molar-refractivity contribution is -0.252. The lowest BCUT2D eigenvalue weighted by atomic mass is 9.97. The minimum atomic E-state index is -3.99. The first-order chi connectivity index (χ1) is 27.6. The third-order valence-corrected chi connectivity index (χ3v) is 12.2. The zero-order valence-corrected chi connectivity index (χ0v) is 33.4. The molecule has 5 aromatic carbocycles. The molecule has 1 fully saturated rings. The van der Waals surface area contributed by atoms with E-state index in [0.717, 1.165) is 44.5 Å². The predicted molar refractivity (Wildman–Crippen MR) is 220 cm³/mol. The van der Waals surface area contributed by atoms with Gasteiger partial charge in [0.25, 0.3) is 0 Å². The summed E-state index contributed by atoms with van der Waals surface area (Å²) in [5.74, 6) is -0.444. The number of ether oxygens (including phenoxy) is 2. The van der Waals surface area contributed by atoms with Crippen molar-refractivity contribution in [2.45, 2.75) is 68.9 Å². The number of carbonyl (C=O) groups excluding carboxylic acids is 1. The quantitative estimate of drug-likeness (QED) is 0.101. The van der Waals surface area contributed by atoms with E-state index in [1.165, 1.54) is 12.1 Å².